The predicted molar refractivity (Wildman–Crippen MR) is 158 cm³/mol. The molecule has 2 aliphatic rings. The minimum atomic E-state index is -1.30. The van der Waals surface area contributed by atoms with Crippen molar-refractivity contribution in [1.29, 1.82) is 0 Å². The van der Waals surface area contributed by atoms with E-state index in [1.165, 1.54) is 25.7 Å². The summed E-state index contributed by atoms with van der Waals surface area (Å²) >= 11 is 1.65. The molecule has 0 aliphatic heterocycles. The lowest BCUT2D eigenvalue weighted by molar-refractivity contribution is -0.217. The van der Waals surface area contributed by atoms with E-state index in [1.54, 1.807) is 25.2 Å². The van der Waals surface area contributed by atoms with Gasteiger partial charge in [0, 0.05) is 36.7 Å². The summed E-state index contributed by atoms with van der Waals surface area (Å²) in [5.41, 5.74) is 9.90. The number of aromatic nitrogens is 4. The molecule has 3 aromatic rings. The molecule has 0 bridgehead atoms. The van der Waals surface area contributed by atoms with Gasteiger partial charge in [0.05, 0.1) is 27.8 Å². The molecule has 5 rings (SSSR count). The van der Waals surface area contributed by atoms with Crippen LogP contribution in [0, 0.1) is 18.8 Å². The average molecular weight is 554 g/mol. The molecule has 3 aromatic heterocycles. The van der Waals surface area contributed by atoms with Crippen LogP contribution in [0.4, 0.5) is 11.8 Å². The lowest BCUT2D eigenvalue weighted by Gasteiger charge is -2.39. The molecule has 5 N–H and O–H groups in total. The maximum Gasteiger partial charge on any atom is 0.224 e. The first-order chi connectivity index (χ1) is 18.4. The molecular weight excluding hydrogens is 510 g/mol. The molecule has 0 spiro atoms. The van der Waals surface area contributed by atoms with Crippen LogP contribution >= 0.6 is 11.3 Å². The van der Waals surface area contributed by atoms with Gasteiger partial charge in [0.1, 0.15) is 16.3 Å². The second-order valence-corrected chi connectivity index (χ2v) is 13.4. The molecule has 2 atom stereocenters. The Morgan fingerprint density at radius 1 is 1.13 bits per heavy atom. The summed E-state index contributed by atoms with van der Waals surface area (Å²) < 4.78 is 7.29. The Morgan fingerprint density at radius 2 is 1.87 bits per heavy atom. The van der Waals surface area contributed by atoms with E-state index >= 15 is 0 Å². The number of hydrogen-bond acceptors (Lipinski definition) is 10. The third-order valence-corrected chi connectivity index (χ3v) is 8.64. The second-order valence-electron chi connectivity index (χ2n) is 12.3. The van der Waals surface area contributed by atoms with Gasteiger partial charge < -0.3 is 26.2 Å². The van der Waals surface area contributed by atoms with Gasteiger partial charge in [0.25, 0.3) is 0 Å². The molecule has 212 valence electrons. The lowest BCUT2D eigenvalue weighted by Crippen LogP contribution is -2.51. The van der Waals surface area contributed by atoms with E-state index in [-0.39, 0.29) is 12.0 Å². The minimum Gasteiger partial charge on any atom is -0.367 e. The van der Waals surface area contributed by atoms with Gasteiger partial charge in [0.15, 0.2) is 5.79 Å². The summed E-state index contributed by atoms with van der Waals surface area (Å²) in [7, 11) is 0. The number of nitrogens with two attached hydrogens (primary N) is 1. The summed E-state index contributed by atoms with van der Waals surface area (Å²) in [5.74, 6) is 1.23. The maximum atomic E-state index is 10.6. The van der Waals surface area contributed by atoms with Gasteiger partial charge in [-0.3, -0.25) is 4.98 Å². The molecular formula is C29H43N7O2S. The van der Waals surface area contributed by atoms with E-state index in [9.17, 15) is 5.11 Å². The van der Waals surface area contributed by atoms with Crippen LogP contribution in [-0.2, 0) is 4.74 Å². The van der Waals surface area contributed by atoms with Crippen molar-refractivity contribution < 1.29 is 9.84 Å². The fourth-order valence-electron chi connectivity index (χ4n) is 5.33. The largest absolute Gasteiger partial charge is 0.367 e. The zero-order chi connectivity index (χ0) is 27.9. The normalized spacial score (nSPS) is 17.8. The first kappa shape index (κ1) is 28.1. The number of rotatable bonds is 13. The van der Waals surface area contributed by atoms with Crippen molar-refractivity contribution in [3.8, 4) is 10.6 Å². The molecule has 39 heavy (non-hydrogen) atoms. The Balaban J connectivity index is 1.51. The highest BCUT2D eigenvalue weighted by Crippen LogP contribution is 2.44. The zero-order valence-corrected chi connectivity index (χ0v) is 24.9. The Morgan fingerprint density at radius 3 is 2.49 bits per heavy atom. The van der Waals surface area contributed by atoms with Gasteiger partial charge in [-0.1, -0.05) is 6.92 Å². The Bertz CT molecular complexity index is 1310. The maximum absolute atomic E-state index is 10.6. The molecule has 0 saturated heterocycles. The zero-order valence-electron chi connectivity index (χ0n) is 24.0. The number of pyridine rings is 1. The summed E-state index contributed by atoms with van der Waals surface area (Å²) in [6.45, 7) is 12.7. The highest BCUT2D eigenvalue weighted by molar-refractivity contribution is 7.21. The van der Waals surface area contributed by atoms with Crippen molar-refractivity contribution in [2.75, 3.05) is 23.7 Å². The van der Waals surface area contributed by atoms with Crippen molar-refractivity contribution in [2.45, 2.75) is 97.0 Å². The summed E-state index contributed by atoms with van der Waals surface area (Å²) in [4.78, 5) is 19.5. The molecule has 10 heteroatoms. The number of aliphatic hydroxyl groups is 1. The van der Waals surface area contributed by atoms with Crippen LogP contribution in [0.2, 0.25) is 0 Å². The number of anilines is 2. The van der Waals surface area contributed by atoms with Gasteiger partial charge >= 0.3 is 0 Å². The quantitative estimate of drug-likeness (QED) is 0.204. The van der Waals surface area contributed by atoms with Crippen molar-refractivity contribution in [3.63, 3.8) is 0 Å². The van der Waals surface area contributed by atoms with E-state index in [0.717, 1.165) is 45.1 Å². The van der Waals surface area contributed by atoms with Crippen molar-refractivity contribution >= 4 is 33.3 Å². The Hall–Kier alpha value is -2.40. The molecule has 2 fully saturated rings. The van der Waals surface area contributed by atoms with E-state index in [0.29, 0.717) is 30.1 Å². The Labute approximate surface area is 235 Å². The van der Waals surface area contributed by atoms with Crippen LogP contribution in [0.25, 0.3) is 20.8 Å². The third kappa shape index (κ3) is 6.85. The summed E-state index contributed by atoms with van der Waals surface area (Å²) in [5, 5.41) is 18.4. The number of thiazole rings is 1. The van der Waals surface area contributed by atoms with Crippen LogP contribution in [0.1, 0.15) is 84.0 Å². The molecule has 2 aliphatic carbocycles. The highest BCUT2D eigenvalue weighted by Gasteiger charge is 2.36. The standard InChI is InChI=1S/C29H43N7O2S/c1-7-19(28(3,4)30)20(38-29(5,6)37)15-32-25-22(16(2)34-27(36-25)33-14-17-8-9-17)26-35-24-21(39-26)12-13-31-23(24)18-10-11-18/h12-13,17-20,37H,7-11,14-15,30H2,1-6H3,(H2,32,33,34,36)/t19?,20-/m0/s1. The van der Waals surface area contributed by atoms with E-state index in [4.69, 9.17) is 25.4 Å². The van der Waals surface area contributed by atoms with Gasteiger partial charge in [0.2, 0.25) is 5.95 Å². The van der Waals surface area contributed by atoms with Crippen molar-refractivity contribution in [2.24, 2.45) is 17.6 Å². The summed E-state index contributed by atoms with van der Waals surface area (Å²) in [6.07, 6.45) is 7.21. The van der Waals surface area contributed by atoms with Gasteiger partial charge in [-0.25, -0.2) is 9.97 Å². The number of hydrogen-bond donors (Lipinski definition) is 4. The molecule has 1 unspecified atom stereocenters. The molecule has 0 amide bonds. The minimum absolute atomic E-state index is 0.00453. The molecule has 0 radical (unpaired) electrons. The number of nitrogens with one attached hydrogen (secondary N) is 2. The average Bonchev–Trinajstić information content (AvgIpc) is 3.76. The van der Waals surface area contributed by atoms with E-state index in [2.05, 4.69) is 22.5 Å². The van der Waals surface area contributed by atoms with Crippen LogP contribution < -0.4 is 16.4 Å². The first-order valence-corrected chi connectivity index (χ1v) is 15.1. The van der Waals surface area contributed by atoms with Gasteiger partial charge in [-0.15, -0.1) is 11.3 Å². The Kier molecular flexibility index (Phi) is 7.85. The number of aryl methyl sites for hydroxylation is 1. The summed E-state index contributed by atoms with van der Waals surface area (Å²) in [6, 6.07) is 2.04. The van der Waals surface area contributed by atoms with Gasteiger partial charge in [-0.05, 0) is 78.7 Å². The fourth-order valence-corrected chi connectivity index (χ4v) is 6.40. The molecule has 3 heterocycles. The number of fused-ring (bicyclic) bond motifs is 1. The monoisotopic (exact) mass is 553 g/mol. The molecule has 9 nitrogen and oxygen atoms in total. The topological polar surface area (TPSA) is 131 Å². The van der Waals surface area contributed by atoms with Crippen LogP contribution in [-0.4, -0.2) is 55.6 Å². The lowest BCUT2D eigenvalue weighted by atomic mass is 9.81. The number of nitrogens with zero attached hydrogens (tertiary/aromatic N) is 4. The molecule has 2 saturated carbocycles. The highest BCUT2D eigenvalue weighted by atomic mass is 32.1. The van der Waals surface area contributed by atoms with Crippen LogP contribution in [0.15, 0.2) is 12.3 Å². The number of ether oxygens (including phenoxy) is 1. The first-order valence-electron chi connectivity index (χ1n) is 14.2. The van der Waals surface area contributed by atoms with Gasteiger partial charge in [-0.2, -0.15) is 4.98 Å². The van der Waals surface area contributed by atoms with Crippen LogP contribution in [0.5, 0.6) is 0 Å². The second kappa shape index (κ2) is 10.9. The SMILES string of the molecule is CCC([C@H](CNc1nc(NCC2CC2)nc(C)c1-c1nc2c(C3CC3)nccc2s1)OC(C)(C)O)C(C)(C)N. The fraction of sp³-hybridized carbons (Fsp3) is 0.655. The smallest absolute Gasteiger partial charge is 0.224 e. The van der Waals surface area contributed by atoms with Crippen LogP contribution in [0.3, 0.4) is 0 Å². The third-order valence-electron chi connectivity index (χ3n) is 7.60. The molecule has 0 aromatic carbocycles. The predicted octanol–water partition coefficient (Wildman–Crippen LogP) is 5.45. The van der Waals surface area contributed by atoms with Crippen molar-refractivity contribution in [3.05, 3.63) is 23.7 Å². The van der Waals surface area contributed by atoms with E-state index < -0.39 is 11.3 Å². The van der Waals surface area contributed by atoms with E-state index in [1.807, 2.05) is 33.0 Å². The van der Waals surface area contributed by atoms with Crippen molar-refractivity contribution in [1.82, 2.24) is 19.9 Å².